The average Bonchev–Trinajstić information content (AvgIpc) is 3.01. The predicted octanol–water partition coefficient (Wildman–Crippen LogP) is 2.78. The summed E-state index contributed by atoms with van der Waals surface area (Å²) in [7, 11) is 0. The molecule has 2 rings (SSSR count). The van der Waals surface area contributed by atoms with Gasteiger partial charge in [-0.3, -0.25) is 4.79 Å². The molecule has 1 aliphatic carbocycles. The van der Waals surface area contributed by atoms with Crippen molar-refractivity contribution in [3.8, 4) is 0 Å². The van der Waals surface area contributed by atoms with Crippen molar-refractivity contribution in [3.05, 3.63) is 30.2 Å². The third-order valence-electron chi connectivity index (χ3n) is 4.33. The van der Waals surface area contributed by atoms with E-state index in [-0.39, 0.29) is 18.6 Å². The fourth-order valence-electron chi connectivity index (χ4n) is 2.76. The van der Waals surface area contributed by atoms with Crippen molar-refractivity contribution < 1.29 is 18.7 Å². The highest BCUT2D eigenvalue weighted by Gasteiger charge is 2.28. The van der Waals surface area contributed by atoms with Crippen molar-refractivity contribution in [3.63, 3.8) is 0 Å². The third kappa shape index (κ3) is 4.76. The van der Waals surface area contributed by atoms with Gasteiger partial charge in [-0.05, 0) is 36.5 Å². The molecule has 0 aliphatic heterocycles. The van der Waals surface area contributed by atoms with E-state index in [1.165, 1.54) is 24.8 Å². The first-order chi connectivity index (χ1) is 10.6. The van der Waals surface area contributed by atoms with E-state index in [9.17, 15) is 9.59 Å². The summed E-state index contributed by atoms with van der Waals surface area (Å²) >= 11 is 0. The molecule has 0 saturated heterocycles. The molecule has 1 aromatic rings. The molecule has 0 spiro atoms. The molecule has 3 atom stereocenters. The van der Waals surface area contributed by atoms with Crippen LogP contribution in [0.1, 0.15) is 38.9 Å². The topological polar surface area (TPSA) is 68.5 Å². The van der Waals surface area contributed by atoms with Crippen LogP contribution in [0.5, 0.6) is 0 Å². The molecule has 120 valence electrons. The lowest BCUT2D eigenvalue weighted by Crippen LogP contribution is -2.45. The zero-order valence-corrected chi connectivity index (χ0v) is 13.1. The molecule has 1 amide bonds. The van der Waals surface area contributed by atoms with Crippen molar-refractivity contribution in [2.45, 2.75) is 39.2 Å². The van der Waals surface area contributed by atoms with E-state index in [0.717, 1.165) is 12.8 Å². The number of nitrogens with one attached hydrogen (secondary N) is 1. The second-order valence-electron chi connectivity index (χ2n) is 5.90. The van der Waals surface area contributed by atoms with Gasteiger partial charge in [-0.25, -0.2) is 4.79 Å². The van der Waals surface area contributed by atoms with Crippen molar-refractivity contribution >= 4 is 18.0 Å². The number of ether oxygens (including phenoxy) is 1. The zero-order chi connectivity index (χ0) is 15.9. The molecule has 1 N–H and O–H groups in total. The van der Waals surface area contributed by atoms with E-state index < -0.39 is 5.97 Å². The van der Waals surface area contributed by atoms with Crippen molar-refractivity contribution in [2.24, 2.45) is 11.8 Å². The van der Waals surface area contributed by atoms with Crippen molar-refractivity contribution in [1.82, 2.24) is 5.32 Å². The average molecular weight is 305 g/mol. The molecule has 0 unspecified atom stereocenters. The Morgan fingerprint density at radius 2 is 2.23 bits per heavy atom. The van der Waals surface area contributed by atoms with Crippen LogP contribution in [0.4, 0.5) is 0 Å². The monoisotopic (exact) mass is 305 g/mol. The van der Waals surface area contributed by atoms with Crippen LogP contribution in [0.2, 0.25) is 0 Å². The van der Waals surface area contributed by atoms with Crippen LogP contribution < -0.4 is 5.32 Å². The van der Waals surface area contributed by atoms with E-state index in [4.69, 9.17) is 9.15 Å². The number of esters is 1. The lowest BCUT2D eigenvalue weighted by molar-refractivity contribution is -0.144. The van der Waals surface area contributed by atoms with Crippen LogP contribution in [0.25, 0.3) is 6.08 Å². The Kier molecular flexibility index (Phi) is 5.81. The lowest BCUT2D eigenvalue weighted by atomic mass is 9.78. The number of carbonyl (C=O) groups is 2. The van der Waals surface area contributed by atoms with Crippen molar-refractivity contribution in [1.29, 1.82) is 0 Å². The summed E-state index contributed by atoms with van der Waals surface area (Å²) in [6, 6.07) is 3.63. The standard InChI is InChI=1S/C17H23NO4/c1-12-5-3-7-15(13(12)2)18-16(19)11-22-17(20)9-8-14-6-4-10-21-14/h4,6,8-10,12-13,15H,3,5,7,11H2,1-2H3,(H,18,19)/b9-8+/t12-,13+,15+/m0/s1. The highest BCUT2D eigenvalue weighted by atomic mass is 16.5. The van der Waals surface area contributed by atoms with Gasteiger partial charge in [0.2, 0.25) is 0 Å². The van der Waals surface area contributed by atoms with Gasteiger partial charge in [0, 0.05) is 12.1 Å². The molecule has 1 heterocycles. The fraction of sp³-hybridized carbons (Fsp3) is 0.529. The molecular weight excluding hydrogens is 282 g/mol. The second-order valence-corrected chi connectivity index (χ2v) is 5.90. The van der Waals surface area contributed by atoms with Gasteiger partial charge >= 0.3 is 5.97 Å². The molecule has 5 heteroatoms. The van der Waals surface area contributed by atoms with Crippen LogP contribution in [0, 0.1) is 11.8 Å². The first-order valence-electron chi connectivity index (χ1n) is 7.74. The lowest BCUT2D eigenvalue weighted by Gasteiger charge is -2.34. The predicted molar refractivity (Wildman–Crippen MR) is 82.8 cm³/mol. The highest BCUT2D eigenvalue weighted by Crippen LogP contribution is 2.29. The maximum Gasteiger partial charge on any atom is 0.331 e. The minimum atomic E-state index is -0.559. The van der Waals surface area contributed by atoms with Crippen LogP contribution in [0.15, 0.2) is 28.9 Å². The maximum atomic E-state index is 11.9. The number of amides is 1. The van der Waals surface area contributed by atoms with E-state index in [2.05, 4.69) is 19.2 Å². The van der Waals surface area contributed by atoms with Gasteiger partial charge in [0.25, 0.3) is 5.91 Å². The summed E-state index contributed by atoms with van der Waals surface area (Å²) in [6.45, 7) is 4.12. The first kappa shape index (κ1) is 16.3. The van der Waals surface area contributed by atoms with Crippen LogP contribution in [-0.4, -0.2) is 24.5 Å². The Morgan fingerprint density at radius 3 is 2.95 bits per heavy atom. The first-order valence-corrected chi connectivity index (χ1v) is 7.74. The largest absolute Gasteiger partial charge is 0.465 e. The molecule has 1 fully saturated rings. The molecule has 1 aliphatic rings. The van der Waals surface area contributed by atoms with Crippen LogP contribution in [0.3, 0.4) is 0 Å². The molecule has 0 aromatic carbocycles. The van der Waals surface area contributed by atoms with E-state index in [1.807, 2.05) is 0 Å². The number of hydrogen-bond donors (Lipinski definition) is 1. The fourth-order valence-corrected chi connectivity index (χ4v) is 2.76. The Bertz CT molecular complexity index is 521. The maximum absolute atomic E-state index is 11.9. The molecule has 0 radical (unpaired) electrons. The van der Waals surface area contributed by atoms with Gasteiger partial charge in [0.1, 0.15) is 5.76 Å². The summed E-state index contributed by atoms with van der Waals surface area (Å²) in [5.74, 6) is 0.818. The highest BCUT2D eigenvalue weighted by molar-refractivity contribution is 5.88. The van der Waals surface area contributed by atoms with Gasteiger partial charge in [-0.15, -0.1) is 0 Å². The zero-order valence-electron chi connectivity index (χ0n) is 13.1. The van der Waals surface area contributed by atoms with Crippen LogP contribution >= 0.6 is 0 Å². The smallest absolute Gasteiger partial charge is 0.331 e. The Balaban J connectivity index is 1.72. The molecule has 5 nitrogen and oxygen atoms in total. The number of furan rings is 1. The van der Waals surface area contributed by atoms with Crippen LogP contribution in [-0.2, 0) is 14.3 Å². The van der Waals surface area contributed by atoms with E-state index in [1.54, 1.807) is 12.1 Å². The summed E-state index contributed by atoms with van der Waals surface area (Å²) in [6.07, 6.45) is 7.60. The van der Waals surface area contributed by atoms with E-state index in [0.29, 0.717) is 17.6 Å². The van der Waals surface area contributed by atoms with Crippen molar-refractivity contribution in [2.75, 3.05) is 6.61 Å². The number of carbonyl (C=O) groups excluding carboxylic acids is 2. The quantitative estimate of drug-likeness (QED) is 0.671. The summed E-state index contributed by atoms with van der Waals surface area (Å²) in [5.41, 5.74) is 0. The van der Waals surface area contributed by atoms with Gasteiger partial charge in [-0.1, -0.05) is 26.7 Å². The molecular formula is C17H23NO4. The Hall–Kier alpha value is -2.04. The second kappa shape index (κ2) is 7.82. The van der Waals surface area contributed by atoms with Gasteiger partial charge in [0.15, 0.2) is 6.61 Å². The minimum absolute atomic E-state index is 0.175. The third-order valence-corrected chi connectivity index (χ3v) is 4.33. The molecule has 1 aromatic heterocycles. The number of rotatable bonds is 5. The molecule has 1 saturated carbocycles. The van der Waals surface area contributed by atoms with Gasteiger partial charge in [0.05, 0.1) is 6.26 Å². The molecule has 22 heavy (non-hydrogen) atoms. The summed E-state index contributed by atoms with van der Waals surface area (Å²) in [4.78, 5) is 23.4. The van der Waals surface area contributed by atoms with Gasteiger partial charge in [-0.2, -0.15) is 0 Å². The minimum Gasteiger partial charge on any atom is -0.465 e. The molecule has 0 bridgehead atoms. The SMILES string of the molecule is C[C@@H]1[C@@H](C)CCC[C@H]1NC(=O)COC(=O)/C=C/c1ccco1. The Labute approximate surface area is 130 Å². The normalized spacial score (nSPS) is 25.1. The van der Waals surface area contributed by atoms with Gasteiger partial charge < -0.3 is 14.5 Å². The Morgan fingerprint density at radius 1 is 1.41 bits per heavy atom. The van der Waals surface area contributed by atoms with E-state index >= 15 is 0 Å². The summed E-state index contributed by atoms with van der Waals surface area (Å²) in [5, 5.41) is 2.97. The summed E-state index contributed by atoms with van der Waals surface area (Å²) < 4.78 is 9.98. The number of hydrogen-bond acceptors (Lipinski definition) is 4.